The first kappa shape index (κ1) is 9.11. The average Bonchev–Trinajstić information content (AvgIpc) is 2.48. The van der Waals surface area contributed by atoms with Crippen molar-refractivity contribution in [3.63, 3.8) is 0 Å². The van der Waals surface area contributed by atoms with E-state index in [9.17, 15) is 9.59 Å². The predicted octanol–water partition coefficient (Wildman–Crippen LogP) is 0.146. The van der Waals surface area contributed by atoms with E-state index in [2.05, 4.69) is 9.73 Å². The Morgan fingerprint density at radius 1 is 1.62 bits per heavy atom. The molecule has 6 nitrogen and oxygen atoms in total. The Labute approximate surface area is 73.3 Å². The Bertz CT molecular complexity index is 331. The van der Waals surface area contributed by atoms with Crippen LogP contribution in [0.2, 0.25) is 0 Å². The number of carbonyl (C=O) groups is 2. The number of hydrogen-bond acceptors (Lipinski definition) is 3. The third-order valence-corrected chi connectivity index (χ3v) is 1.33. The first-order valence-electron chi connectivity index (χ1n) is 3.43. The van der Waals surface area contributed by atoms with Crippen LogP contribution in [0.25, 0.3) is 0 Å². The van der Waals surface area contributed by atoms with E-state index in [-0.39, 0.29) is 12.3 Å². The third-order valence-electron chi connectivity index (χ3n) is 1.33. The van der Waals surface area contributed by atoms with Gasteiger partial charge < -0.3 is 20.6 Å². The molecule has 1 rings (SSSR count). The van der Waals surface area contributed by atoms with Crippen molar-refractivity contribution >= 4 is 12.0 Å². The molecule has 6 heteroatoms. The average molecular weight is 184 g/mol. The minimum absolute atomic E-state index is 0.159. The van der Waals surface area contributed by atoms with E-state index in [0.717, 1.165) is 0 Å². The zero-order valence-electron chi connectivity index (χ0n) is 6.61. The molecule has 13 heavy (non-hydrogen) atoms. The summed E-state index contributed by atoms with van der Waals surface area (Å²) in [7, 11) is 0. The number of aromatic carboxylic acids is 1. The Balaban J connectivity index is 2.59. The number of furan rings is 1. The van der Waals surface area contributed by atoms with Gasteiger partial charge in [-0.05, 0) is 6.07 Å². The summed E-state index contributed by atoms with van der Waals surface area (Å²) >= 11 is 0. The highest BCUT2D eigenvalue weighted by molar-refractivity contribution is 5.84. The number of hydrogen-bond donors (Lipinski definition) is 3. The van der Waals surface area contributed by atoms with Crippen LogP contribution < -0.4 is 11.1 Å². The molecule has 0 radical (unpaired) electrons. The fourth-order valence-electron chi connectivity index (χ4n) is 0.770. The second-order valence-electron chi connectivity index (χ2n) is 2.34. The maximum Gasteiger partial charge on any atom is 0.371 e. The van der Waals surface area contributed by atoms with Crippen LogP contribution in [0.15, 0.2) is 16.7 Å². The van der Waals surface area contributed by atoms with Crippen LogP contribution in [0.5, 0.6) is 0 Å². The molecule has 0 aliphatic rings. The van der Waals surface area contributed by atoms with Crippen LogP contribution in [-0.4, -0.2) is 17.1 Å². The zero-order valence-corrected chi connectivity index (χ0v) is 6.61. The van der Waals surface area contributed by atoms with Crippen molar-refractivity contribution in [3.8, 4) is 0 Å². The molecule has 1 aromatic heterocycles. The molecule has 0 aliphatic carbocycles. The van der Waals surface area contributed by atoms with Crippen LogP contribution in [0, 0.1) is 0 Å². The number of primary amides is 1. The van der Waals surface area contributed by atoms with Crippen molar-refractivity contribution in [1.29, 1.82) is 0 Å². The van der Waals surface area contributed by atoms with Gasteiger partial charge in [0.25, 0.3) is 0 Å². The lowest BCUT2D eigenvalue weighted by molar-refractivity contribution is 0.0662. The normalized spacial score (nSPS) is 9.54. The van der Waals surface area contributed by atoms with Crippen molar-refractivity contribution in [2.24, 2.45) is 5.73 Å². The lowest BCUT2D eigenvalue weighted by atomic mass is 10.3. The van der Waals surface area contributed by atoms with Crippen LogP contribution in [0.4, 0.5) is 4.79 Å². The van der Waals surface area contributed by atoms with Crippen LogP contribution in [0.3, 0.4) is 0 Å². The van der Waals surface area contributed by atoms with Gasteiger partial charge in [0.15, 0.2) is 0 Å². The molecule has 0 bridgehead atoms. The topological polar surface area (TPSA) is 106 Å². The molecule has 0 aliphatic heterocycles. The van der Waals surface area contributed by atoms with E-state index in [4.69, 9.17) is 10.8 Å². The maximum atomic E-state index is 10.3. The fourth-order valence-corrected chi connectivity index (χ4v) is 0.770. The maximum absolute atomic E-state index is 10.3. The highest BCUT2D eigenvalue weighted by Crippen LogP contribution is 2.06. The zero-order chi connectivity index (χ0) is 9.84. The van der Waals surface area contributed by atoms with Crippen LogP contribution in [0.1, 0.15) is 16.1 Å². The van der Waals surface area contributed by atoms with Gasteiger partial charge in [-0.3, -0.25) is 0 Å². The summed E-state index contributed by atoms with van der Waals surface area (Å²) in [4.78, 5) is 20.6. The predicted molar refractivity (Wildman–Crippen MR) is 42.1 cm³/mol. The summed E-state index contributed by atoms with van der Waals surface area (Å²) in [5.41, 5.74) is 5.36. The number of carbonyl (C=O) groups excluding carboxylic acids is 1. The van der Waals surface area contributed by atoms with Gasteiger partial charge in [-0.25, -0.2) is 9.59 Å². The minimum atomic E-state index is -1.15. The van der Waals surface area contributed by atoms with E-state index in [1.54, 1.807) is 0 Å². The van der Waals surface area contributed by atoms with E-state index in [1.165, 1.54) is 12.3 Å². The minimum Gasteiger partial charge on any atom is -0.475 e. The molecule has 0 saturated heterocycles. The van der Waals surface area contributed by atoms with Gasteiger partial charge in [0.2, 0.25) is 5.76 Å². The molecule has 4 N–H and O–H groups in total. The lowest BCUT2D eigenvalue weighted by Crippen LogP contribution is -2.28. The molecule has 1 heterocycles. The summed E-state index contributed by atoms with van der Waals surface area (Å²) in [5, 5.41) is 10.8. The molecule has 2 amide bonds. The van der Waals surface area contributed by atoms with Gasteiger partial charge in [0, 0.05) is 12.1 Å². The molecule has 0 spiro atoms. The Morgan fingerprint density at radius 2 is 2.31 bits per heavy atom. The summed E-state index contributed by atoms with van der Waals surface area (Å²) in [5.74, 6) is -1.31. The van der Waals surface area contributed by atoms with Crippen LogP contribution >= 0.6 is 0 Å². The molecule has 0 fully saturated rings. The third kappa shape index (κ3) is 2.51. The second-order valence-corrected chi connectivity index (χ2v) is 2.34. The van der Waals surface area contributed by atoms with Gasteiger partial charge in [0.1, 0.15) is 0 Å². The summed E-state index contributed by atoms with van der Waals surface area (Å²) < 4.78 is 4.67. The van der Waals surface area contributed by atoms with Gasteiger partial charge in [0.05, 0.1) is 6.26 Å². The number of nitrogens with one attached hydrogen (secondary N) is 1. The van der Waals surface area contributed by atoms with Gasteiger partial charge in [-0.2, -0.15) is 0 Å². The van der Waals surface area contributed by atoms with E-state index in [0.29, 0.717) is 5.56 Å². The van der Waals surface area contributed by atoms with E-state index < -0.39 is 12.0 Å². The number of amides is 2. The van der Waals surface area contributed by atoms with E-state index in [1.807, 2.05) is 0 Å². The molecule has 0 atom stereocenters. The highest BCUT2D eigenvalue weighted by atomic mass is 16.4. The van der Waals surface area contributed by atoms with Gasteiger partial charge in [-0.1, -0.05) is 0 Å². The smallest absolute Gasteiger partial charge is 0.371 e. The number of rotatable bonds is 3. The number of urea groups is 1. The van der Waals surface area contributed by atoms with Crippen molar-refractivity contribution < 1.29 is 19.1 Å². The summed E-state index contributed by atoms with van der Waals surface area (Å²) in [6.07, 6.45) is 1.25. The fraction of sp³-hybridized carbons (Fsp3) is 0.143. The van der Waals surface area contributed by atoms with Crippen molar-refractivity contribution in [2.75, 3.05) is 0 Å². The van der Waals surface area contributed by atoms with Crippen molar-refractivity contribution in [2.45, 2.75) is 6.54 Å². The number of carboxylic acid groups (broad SMARTS) is 1. The summed E-state index contributed by atoms with van der Waals surface area (Å²) in [6, 6.07) is 0.649. The standard InChI is InChI=1S/C7H8N2O4/c8-7(12)9-2-4-1-5(6(10)11)13-3-4/h1,3H,2H2,(H,10,11)(H3,8,9,12). The molecular formula is C7H8N2O4. The quantitative estimate of drug-likeness (QED) is 0.621. The monoisotopic (exact) mass is 184 g/mol. The molecule has 0 unspecified atom stereocenters. The molecule has 70 valence electrons. The van der Waals surface area contributed by atoms with E-state index >= 15 is 0 Å². The molecule has 0 saturated carbocycles. The first-order chi connectivity index (χ1) is 6.09. The SMILES string of the molecule is NC(=O)NCc1coc(C(=O)O)c1. The first-order valence-corrected chi connectivity index (χ1v) is 3.43. The second kappa shape index (κ2) is 3.61. The number of nitrogens with two attached hydrogens (primary N) is 1. The highest BCUT2D eigenvalue weighted by Gasteiger charge is 2.08. The molecular weight excluding hydrogens is 176 g/mol. The van der Waals surface area contributed by atoms with Crippen molar-refractivity contribution in [1.82, 2.24) is 5.32 Å². The lowest BCUT2D eigenvalue weighted by Gasteiger charge is -1.95. The Hall–Kier alpha value is -1.98. The van der Waals surface area contributed by atoms with Crippen molar-refractivity contribution in [3.05, 3.63) is 23.7 Å². The Kier molecular flexibility index (Phi) is 2.53. The van der Waals surface area contributed by atoms with Gasteiger partial charge >= 0.3 is 12.0 Å². The Morgan fingerprint density at radius 3 is 2.77 bits per heavy atom. The van der Waals surface area contributed by atoms with Crippen LogP contribution in [-0.2, 0) is 6.54 Å². The summed E-state index contributed by atoms with van der Waals surface area (Å²) in [6.45, 7) is 0.159. The number of carboxylic acids is 1. The van der Waals surface area contributed by atoms with Gasteiger partial charge in [-0.15, -0.1) is 0 Å². The molecule has 0 aromatic carbocycles. The largest absolute Gasteiger partial charge is 0.475 e. The molecule has 1 aromatic rings.